The van der Waals surface area contributed by atoms with E-state index in [-0.39, 0.29) is 97.8 Å². The van der Waals surface area contributed by atoms with Crippen LogP contribution >= 0.6 is 31.9 Å². The van der Waals surface area contributed by atoms with Gasteiger partial charge in [0.1, 0.15) is 65.2 Å². The van der Waals surface area contributed by atoms with E-state index in [1.165, 1.54) is 102 Å². The van der Waals surface area contributed by atoms with Crippen molar-refractivity contribution >= 4 is 136 Å². The van der Waals surface area contributed by atoms with Crippen LogP contribution in [0.25, 0.3) is 66.5 Å². The molecule has 7 aliphatic heterocycles. The standard InChI is InChI=1S/C36H38N6O4.C30H38Br2N2O4.C30H40N2O4.C15H9NO4/c1-5-7-9-11-13-15-21-41-32(27-18-17-26(45-27)25(23-37)24-38)30-31(36(41)44)33(28-19-20-29(46-28)34(39-3)40-4)42(35(30)43)22-16-14-12-10-8-6-2;1-3-5-7-9-11-13-19-33-27(21-15-17-23(31)37-21)25-26(29(33)35)28(22-16-18-24(32)38-22)34(30(25)36)20-14-12-10-8-6-4-2;1-3-5-7-9-11-13-19-31-27(23-17-15-21-35-23)25-26(29(31)33)28(24-18-16-22-36-24)32(30(25)34)20-14-12-10-8-6-4-2;17-9-7-8(10-3-1-5-19-10)12-13(9)14(16-15(12)18)11-4-2-6-20-11/h17-20H,5-16,21-22H2,1-2H3;15-18H,3-14,19-20H2,1-2H3;15-18,21-22H,3-14,19-20H2,1-2H3;1-6H,7H2,(H,16,18)/b32-27+,33-28+;;;. The molecule has 1 aliphatic carbocycles. The molecule has 29 heteroatoms. The average molecular weight is 2030 g/mol. The maximum Gasteiger partial charge on any atom is 0.562 e. The van der Waals surface area contributed by atoms with Crippen molar-refractivity contribution < 1.29 is 73.7 Å². The van der Waals surface area contributed by atoms with Gasteiger partial charge in [-0.1, -0.05) is 234 Å². The number of amides is 7. The average Bonchev–Trinajstić information content (AvgIpc) is 1.56. The highest BCUT2D eigenvalue weighted by Crippen LogP contribution is 2.51. The summed E-state index contributed by atoms with van der Waals surface area (Å²) in [5.74, 6) is 1.28. The molecule has 27 nitrogen and oxygen atoms in total. The number of furan rings is 8. The van der Waals surface area contributed by atoms with Crippen molar-refractivity contribution in [2.45, 2.75) is 279 Å². The van der Waals surface area contributed by atoms with Crippen molar-refractivity contribution in [3.63, 3.8) is 0 Å². The highest BCUT2D eigenvalue weighted by atomic mass is 79.9. The molecule has 7 amide bonds. The van der Waals surface area contributed by atoms with E-state index in [1.54, 1.807) is 103 Å². The summed E-state index contributed by atoms with van der Waals surface area (Å²) in [4.78, 5) is 125. The molecular weight excluding hydrogens is 1900 g/mol. The van der Waals surface area contributed by atoms with Crippen LogP contribution in [-0.4, -0.2) is 116 Å². The zero-order valence-corrected chi connectivity index (χ0v) is 84.4. The van der Waals surface area contributed by atoms with Crippen molar-refractivity contribution in [2.75, 3.05) is 39.3 Å². The van der Waals surface area contributed by atoms with Crippen LogP contribution in [0.15, 0.2) is 211 Å². The smallest absolute Gasteiger partial charge is 0.465 e. The summed E-state index contributed by atoms with van der Waals surface area (Å²) in [6.07, 6.45) is 45.5. The lowest BCUT2D eigenvalue weighted by Gasteiger charge is -2.25. The maximum absolute atomic E-state index is 14.3. The molecule has 1 N–H and O–H groups in total. The monoisotopic (exact) mass is 2030 g/mol. The number of rotatable bonds is 48. The van der Waals surface area contributed by atoms with Gasteiger partial charge in [-0.25, -0.2) is 0 Å². The molecule has 15 heterocycles. The Labute approximate surface area is 835 Å². The number of hydrogen-bond acceptors (Lipinski definition) is 18. The zero-order chi connectivity index (χ0) is 99.1. The molecule has 0 atom stereocenters. The van der Waals surface area contributed by atoms with Gasteiger partial charge in [-0.2, -0.15) is 20.2 Å². The molecule has 8 aliphatic rings. The number of fused-ring (bicyclic) bond motifs is 3. The summed E-state index contributed by atoms with van der Waals surface area (Å²) >= 11 is 6.79. The van der Waals surface area contributed by atoms with Crippen LogP contribution in [0.5, 0.6) is 0 Å². The van der Waals surface area contributed by atoms with Crippen molar-refractivity contribution in [1.82, 2.24) is 34.7 Å². The number of Topliss-reactive ketones (excluding diaryl/α,β-unsaturated/α-hetero) is 1. The molecule has 0 saturated carbocycles. The lowest BCUT2D eigenvalue weighted by molar-refractivity contribution is -0.124. The largest absolute Gasteiger partial charge is 0.562 e. The number of nitriles is 2. The molecule has 0 aromatic carbocycles. The number of hydrogen-bond donors (Lipinski definition) is 1. The van der Waals surface area contributed by atoms with Crippen LogP contribution in [0.4, 0.5) is 0 Å². The summed E-state index contributed by atoms with van der Waals surface area (Å²) in [6.45, 7) is 30.8. The van der Waals surface area contributed by atoms with E-state index in [1.807, 2.05) is 36.4 Å². The van der Waals surface area contributed by atoms with Gasteiger partial charge < -0.3 is 70.1 Å². The molecule has 0 unspecified atom stereocenters. The molecule has 734 valence electrons. The predicted octanol–water partition coefficient (Wildman–Crippen LogP) is 23.1. The van der Waals surface area contributed by atoms with Gasteiger partial charge in [0, 0.05) is 51.3 Å². The minimum atomic E-state index is -0.368. The Kier molecular flexibility index (Phi) is 38.4. The van der Waals surface area contributed by atoms with Gasteiger partial charge in [0.15, 0.2) is 65.7 Å². The SMILES string of the molecule is CCCCCCCCN1C(=O)C2=C(c3ccc(Br)o3)N(CCCCCCCC)C(=O)C2=C1c1ccc(Br)o1.CCCCCCCCN1C(=O)C2=C(c3ccco3)N(CCCCCCCC)C(=O)C2=C1c1ccco1.O=C1CC(c2ccco2)=C2C(=O)NC(c3ccco3)=C12.[C-]#[N+]C([N+]#[C-])=c1cc/c(=C2C3=C(C(=O)N/2CCCCCCCC)/C(=c2/ccc(=C(C#N)C#N)o2)N(CCCCCCCC)C3=O)o1. The molecule has 0 radical (unpaired) electrons. The minimum Gasteiger partial charge on any atom is -0.465 e. The lowest BCUT2D eigenvalue weighted by Crippen LogP contribution is -2.37. The van der Waals surface area contributed by atoms with Gasteiger partial charge in [-0.05, 0) is 167 Å². The summed E-state index contributed by atoms with van der Waals surface area (Å²) in [6, 6.07) is 31.3. The predicted molar refractivity (Wildman–Crippen MR) is 538 cm³/mol. The van der Waals surface area contributed by atoms with E-state index >= 15 is 0 Å². The molecule has 0 fully saturated rings. The first-order chi connectivity index (χ1) is 68.4. The van der Waals surface area contributed by atoms with Gasteiger partial charge in [0.25, 0.3) is 41.4 Å². The van der Waals surface area contributed by atoms with E-state index in [9.17, 15) is 48.9 Å². The summed E-state index contributed by atoms with van der Waals surface area (Å²) < 4.78 is 47.0. The van der Waals surface area contributed by atoms with Gasteiger partial charge in [0.05, 0.1) is 75.3 Å². The number of ketones is 1. The van der Waals surface area contributed by atoms with Crippen LogP contribution in [-0.2, 0) is 38.4 Å². The quantitative estimate of drug-likeness (QED) is 0.0273. The summed E-state index contributed by atoms with van der Waals surface area (Å²) in [7, 11) is 0. The second-order valence-electron chi connectivity index (χ2n) is 35.9. The topological polar surface area (TPSA) is 329 Å². The highest BCUT2D eigenvalue weighted by Gasteiger charge is 2.54. The van der Waals surface area contributed by atoms with Crippen LogP contribution < -0.4 is 27.0 Å². The Morgan fingerprint density at radius 1 is 0.329 bits per heavy atom. The summed E-state index contributed by atoms with van der Waals surface area (Å²) in [5.41, 5.74) is 7.36. The zero-order valence-electron chi connectivity index (χ0n) is 81.2. The third kappa shape index (κ3) is 23.9. The van der Waals surface area contributed by atoms with E-state index in [0.717, 1.165) is 141 Å². The minimum absolute atomic E-state index is 0.0594. The molecular formula is C111H125Br2N11O16. The normalized spacial score (nSPS) is 16.2. The van der Waals surface area contributed by atoms with Crippen LogP contribution in [0, 0.1) is 35.8 Å². The number of carbonyl (C=O) groups is 8. The Balaban J connectivity index is 0.000000162. The van der Waals surface area contributed by atoms with Crippen LogP contribution in [0.3, 0.4) is 0 Å². The number of unbranched alkanes of at least 4 members (excludes halogenated alkanes) is 30. The fraction of sp³-hybridized carbons (Fsp3) is 0.441. The number of halogens is 2. The number of allylic oxidation sites excluding steroid dienone is 1. The molecule has 0 bridgehead atoms. The first-order valence-electron chi connectivity index (χ1n) is 50.2. The van der Waals surface area contributed by atoms with Crippen molar-refractivity contribution in [2.24, 2.45) is 0 Å². The number of carbonyl (C=O) groups excluding carboxylic acids is 8. The van der Waals surface area contributed by atoms with Crippen LogP contribution in [0.1, 0.15) is 314 Å². The van der Waals surface area contributed by atoms with Crippen LogP contribution in [0.2, 0.25) is 0 Å². The first-order valence-corrected chi connectivity index (χ1v) is 51.8. The van der Waals surface area contributed by atoms with Gasteiger partial charge in [-0.3, -0.25) is 38.4 Å². The van der Waals surface area contributed by atoms with E-state index in [2.05, 4.69) is 88.4 Å². The number of nitrogens with one attached hydrogen (secondary N) is 1. The van der Waals surface area contributed by atoms with Gasteiger partial charge in [0.2, 0.25) is 5.42 Å². The van der Waals surface area contributed by atoms with Crippen molar-refractivity contribution in [3.05, 3.63) is 255 Å². The molecule has 140 heavy (non-hydrogen) atoms. The lowest BCUT2D eigenvalue weighted by atomic mass is 10.1. The van der Waals surface area contributed by atoms with E-state index in [4.69, 9.17) is 48.5 Å². The molecule has 16 rings (SSSR count). The van der Waals surface area contributed by atoms with Crippen molar-refractivity contribution in [3.8, 4) is 12.1 Å². The fourth-order valence-electron chi connectivity index (χ4n) is 19.1. The van der Waals surface area contributed by atoms with Gasteiger partial charge in [-0.15, -0.1) is 0 Å². The maximum atomic E-state index is 14.3. The van der Waals surface area contributed by atoms with E-state index < -0.39 is 0 Å². The Hall–Kier alpha value is -13.2. The fourth-order valence-corrected chi connectivity index (χ4v) is 19.7. The first kappa shape index (κ1) is 104. The highest BCUT2D eigenvalue weighted by molar-refractivity contribution is 9.10. The molecule has 8 aromatic heterocycles. The number of nitrogens with zero attached hydrogens (tertiary/aromatic N) is 10. The van der Waals surface area contributed by atoms with Crippen molar-refractivity contribution in [1.29, 1.82) is 10.5 Å². The molecule has 0 saturated heterocycles. The molecule has 8 aromatic rings. The second-order valence-corrected chi connectivity index (χ2v) is 37.5. The Morgan fingerprint density at radius 3 is 0.929 bits per heavy atom. The third-order valence-corrected chi connectivity index (χ3v) is 27.0. The summed E-state index contributed by atoms with van der Waals surface area (Å²) in [5, 5.41) is 21.5. The second kappa shape index (κ2) is 51.6. The third-order valence-electron chi connectivity index (χ3n) is 26.1. The Bertz CT molecular complexity index is 6060. The van der Waals surface area contributed by atoms with E-state index in [0.29, 0.717) is 175 Å². The van der Waals surface area contributed by atoms with Gasteiger partial charge >= 0.3 is 5.82 Å². The Morgan fingerprint density at radius 2 is 0.621 bits per heavy atom. The molecule has 0 spiro atoms.